The number of hydrogen-bond acceptors (Lipinski definition) is 5. The fourth-order valence-corrected chi connectivity index (χ4v) is 3.09. The number of nitrogens with zero attached hydrogens (tertiary/aromatic N) is 2. The predicted octanol–water partition coefficient (Wildman–Crippen LogP) is 4.32. The van der Waals surface area contributed by atoms with E-state index < -0.39 is 11.7 Å². The van der Waals surface area contributed by atoms with Crippen molar-refractivity contribution in [2.24, 2.45) is 4.99 Å². The summed E-state index contributed by atoms with van der Waals surface area (Å²) < 4.78 is 5.25. The number of aromatic nitrogens is 1. The quantitative estimate of drug-likeness (QED) is 0.294. The maximum atomic E-state index is 11.8. The molecule has 0 aliphatic rings. The third kappa shape index (κ3) is 9.93. The molecule has 0 aliphatic heterocycles. The Morgan fingerprint density at radius 1 is 1.21 bits per heavy atom. The van der Waals surface area contributed by atoms with Gasteiger partial charge in [0, 0.05) is 30.4 Å². The van der Waals surface area contributed by atoms with Crippen molar-refractivity contribution in [2.75, 3.05) is 18.9 Å². The van der Waals surface area contributed by atoms with Crippen molar-refractivity contribution in [3.63, 3.8) is 0 Å². The predicted molar refractivity (Wildman–Crippen MR) is 130 cm³/mol. The van der Waals surface area contributed by atoms with Gasteiger partial charge in [-0.2, -0.15) is 0 Å². The zero-order valence-electron chi connectivity index (χ0n) is 17.5. The van der Waals surface area contributed by atoms with E-state index in [1.807, 2.05) is 58.2 Å². The maximum absolute atomic E-state index is 11.8. The van der Waals surface area contributed by atoms with Crippen molar-refractivity contribution in [2.45, 2.75) is 46.3 Å². The lowest BCUT2D eigenvalue weighted by molar-refractivity contribution is 0.0636. The summed E-state index contributed by atoms with van der Waals surface area (Å²) in [5, 5.41) is 10.3. The Kier molecular flexibility index (Phi) is 10.4. The van der Waals surface area contributed by atoms with Crippen molar-refractivity contribution in [3.8, 4) is 0 Å². The average Bonchev–Trinajstić information content (AvgIpc) is 3.03. The molecule has 160 valence electrons. The van der Waals surface area contributed by atoms with Gasteiger partial charge < -0.3 is 15.4 Å². The highest BCUT2D eigenvalue weighted by atomic mass is 127. The molecule has 1 amide bonds. The molecule has 0 saturated carbocycles. The minimum absolute atomic E-state index is 0. The largest absolute Gasteiger partial charge is 0.444 e. The van der Waals surface area contributed by atoms with Gasteiger partial charge in [0.25, 0.3) is 0 Å². The topological polar surface area (TPSA) is 87.6 Å². The summed E-state index contributed by atoms with van der Waals surface area (Å²) in [4.78, 5) is 21.5. The van der Waals surface area contributed by atoms with Crippen LogP contribution in [0.3, 0.4) is 0 Å². The molecule has 29 heavy (non-hydrogen) atoms. The number of carbonyl (C=O) groups excluding carboxylic acids is 1. The summed E-state index contributed by atoms with van der Waals surface area (Å²) in [6.45, 7) is 8.96. The van der Waals surface area contributed by atoms with Crippen molar-refractivity contribution in [1.29, 1.82) is 0 Å². The third-order valence-electron chi connectivity index (χ3n) is 3.61. The third-order valence-corrected chi connectivity index (χ3v) is 4.52. The summed E-state index contributed by atoms with van der Waals surface area (Å²) in [5.41, 5.74) is 1.36. The highest BCUT2D eigenvalue weighted by Crippen LogP contribution is 2.13. The maximum Gasteiger partial charge on any atom is 0.412 e. The van der Waals surface area contributed by atoms with E-state index in [1.165, 1.54) is 4.88 Å². The zero-order chi connectivity index (χ0) is 20.6. The van der Waals surface area contributed by atoms with Crippen LogP contribution < -0.4 is 16.0 Å². The Morgan fingerprint density at radius 3 is 2.45 bits per heavy atom. The molecule has 0 fully saturated rings. The molecule has 0 unspecified atom stereocenters. The Morgan fingerprint density at radius 2 is 1.90 bits per heavy atom. The number of thiazole rings is 1. The van der Waals surface area contributed by atoms with Crippen LogP contribution in [0, 0.1) is 6.92 Å². The second kappa shape index (κ2) is 12.0. The lowest BCUT2D eigenvalue weighted by Gasteiger charge is -2.19. The molecule has 7 nitrogen and oxygen atoms in total. The van der Waals surface area contributed by atoms with Crippen LogP contribution in [0.15, 0.2) is 35.5 Å². The smallest absolute Gasteiger partial charge is 0.412 e. The number of nitrogens with one attached hydrogen (secondary N) is 3. The fourth-order valence-electron chi connectivity index (χ4n) is 2.36. The number of hydrogen-bond donors (Lipinski definition) is 3. The van der Waals surface area contributed by atoms with Crippen molar-refractivity contribution in [3.05, 3.63) is 45.9 Å². The van der Waals surface area contributed by atoms with Crippen molar-refractivity contribution < 1.29 is 9.53 Å². The van der Waals surface area contributed by atoms with Gasteiger partial charge in [0.1, 0.15) is 10.6 Å². The Labute approximate surface area is 193 Å². The second-order valence-electron chi connectivity index (χ2n) is 7.29. The Balaban J connectivity index is 0.00000420. The Hall–Kier alpha value is -1.88. The first kappa shape index (κ1) is 25.2. The molecular formula is C20H30IN5O2S. The van der Waals surface area contributed by atoms with E-state index in [-0.39, 0.29) is 24.0 Å². The minimum atomic E-state index is -0.513. The van der Waals surface area contributed by atoms with Crippen LogP contribution in [0.4, 0.5) is 10.5 Å². The summed E-state index contributed by atoms with van der Waals surface area (Å²) in [7, 11) is 1.75. The molecule has 1 heterocycles. The normalized spacial score (nSPS) is 11.4. The summed E-state index contributed by atoms with van der Waals surface area (Å²) >= 11 is 1.67. The molecule has 2 rings (SSSR count). The molecule has 1 aromatic carbocycles. The van der Waals surface area contributed by atoms with Crippen LogP contribution >= 0.6 is 35.3 Å². The number of benzene rings is 1. The number of aliphatic imine (C=N–C) groups is 1. The molecule has 0 atom stereocenters. The van der Waals surface area contributed by atoms with Crippen molar-refractivity contribution in [1.82, 2.24) is 15.6 Å². The SMILES string of the molecule is CN=C(NCCc1ccc(NC(=O)OC(C)(C)C)cc1)NCc1ncc(C)s1.I. The number of ether oxygens (including phenoxy) is 1. The van der Waals surface area contributed by atoms with Gasteiger partial charge in [0.05, 0.1) is 6.54 Å². The van der Waals surface area contributed by atoms with E-state index in [2.05, 4.69) is 25.9 Å². The second-order valence-corrected chi connectivity index (χ2v) is 8.61. The number of guanidine groups is 1. The number of aryl methyl sites for hydroxylation is 1. The zero-order valence-corrected chi connectivity index (χ0v) is 20.7. The molecule has 2 aromatic rings. The van der Waals surface area contributed by atoms with Crippen LogP contribution in [0.2, 0.25) is 0 Å². The van der Waals surface area contributed by atoms with Gasteiger partial charge in [-0.1, -0.05) is 12.1 Å². The molecular weight excluding hydrogens is 501 g/mol. The van der Waals surface area contributed by atoms with E-state index in [4.69, 9.17) is 4.74 Å². The number of anilines is 1. The van der Waals surface area contributed by atoms with E-state index in [0.717, 1.165) is 29.5 Å². The van der Waals surface area contributed by atoms with Crippen LogP contribution in [0.5, 0.6) is 0 Å². The van der Waals surface area contributed by atoms with E-state index in [0.29, 0.717) is 12.2 Å². The van der Waals surface area contributed by atoms with Gasteiger partial charge in [-0.05, 0) is 51.8 Å². The molecule has 9 heteroatoms. The average molecular weight is 531 g/mol. The number of amides is 1. The van der Waals surface area contributed by atoms with Gasteiger partial charge in [-0.3, -0.25) is 10.3 Å². The van der Waals surface area contributed by atoms with E-state index >= 15 is 0 Å². The summed E-state index contributed by atoms with van der Waals surface area (Å²) in [6.07, 6.45) is 2.26. The van der Waals surface area contributed by atoms with E-state index in [1.54, 1.807) is 18.4 Å². The molecule has 3 N–H and O–H groups in total. The molecule has 0 spiro atoms. The summed E-state index contributed by atoms with van der Waals surface area (Å²) in [5.74, 6) is 0.746. The van der Waals surface area contributed by atoms with Crippen LogP contribution in [0.25, 0.3) is 0 Å². The summed E-state index contributed by atoms with van der Waals surface area (Å²) in [6, 6.07) is 7.72. The molecule has 0 aliphatic carbocycles. The first-order chi connectivity index (χ1) is 13.2. The van der Waals surface area contributed by atoms with Gasteiger partial charge in [-0.25, -0.2) is 9.78 Å². The lowest BCUT2D eigenvalue weighted by Crippen LogP contribution is -2.37. The fraction of sp³-hybridized carbons (Fsp3) is 0.450. The minimum Gasteiger partial charge on any atom is -0.444 e. The molecule has 0 bridgehead atoms. The van der Waals surface area contributed by atoms with Gasteiger partial charge in [-0.15, -0.1) is 35.3 Å². The number of rotatable bonds is 6. The molecule has 0 saturated heterocycles. The molecule has 1 aromatic heterocycles. The first-order valence-corrected chi connectivity index (χ1v) is 10.0. The van der Waals surface area contributed by atoms with E-state index in [9.17, 15) is 4.79 Å². The molecule has 0 radical (unpaired) electrons. The van der Waals surface area contributed by atoms with Gasteiger partial charge in [0.2, 0.25) is 0 Å². The standard InChI is InChI=1S/C20H29N5O2S.HI/c1-14-12-23-17(28-14)13-24-18(21-5)22-11-10-15-6-8-16(9-7-15)25-19(26)27-20(2,3)4;/h6-9,12H,10-11,13H2,1-5H3,(H,25,26)(H2,21,22,24);1H. The monoisotopic (exact) mass is 531 g/mol. The first-order valence-electron chi connectivity index (χ1n) is 9.20. The lowest BCUT2D eigenvalue weighted by atomic mass is 10.1. The number of carbonyl (C=O) groups is 1. The van der Waals surface area contributed by atoms with Crippen LogP contribution in [-0.2, 0) is 17.7 Å². The van der Waals surface area contributed by atoms with Gasteiger partial charge >= 0.3 is 6.09 Å². The highest BCUT2D eigenvalue weighted by Gasteiger charge is 2.16. The number of halogens is 1. The van der Waals surface area contributed by atoms with Gasteiger partial charge in [0.15, 0.2) is 5.96 Å². The van der Waals surface area contributed by atoms with Crippen LogP contribution in [-0.4, -0.2) is 36.2 Å². The van der Waals surface area contributed by atoms with Crippen molar-refractivity contribution >= 4 is 53.1 Å². The Bertz CT molecular complexity index is 800. The highest BCUT2D eigenvalue weighted by molar-refractivity contribution is 14.0. The van der Waals surface area contributed by atoms with Crippen LogP contribution in [0.1, 0.15) is 36.2 Å².